The van der Waals surface area contributed by atoms with Crippen molar-refractivity contribution in [3.63, 3.8) is 0 Å². The first kappa shape index (κ1) is 58.9. The highest BCUT2D eigenvalue weighted by molar-refractivity contribution is 5.99. The van der Waals surface area contributed by atoms with Gasteiger partial charge in [-0.1, -0.05) is 52.0 Å². The second kappa shape index (κ2) is 27.3. The highest BCUT2D eigenvalue weighted by Crippen LogP contribution is 2.37. The van der Waals surface area contributed by atoms with Crippen LogP contribution in [0.4, 0.5) is 8.78 Å². The van der Waals surface area contributed by atoms with E-state index in [4.69, 9.17) is 33.2 Å². The Hall–Kier alpha value is -7.38. The van der Waals surface area contributed by atoms with Crippen molar-refractivity contribution >= 4 is 35.7 Å². The number of rotatable bonds is 22. The average Bonchev–Trinajstić information content (AvgIpc) is 3.30. The molecule has 0 bridgehead atoms. The molecule has 18 nitrogen and oxygen atoms in total. The molecule has 2 heterocycles. The third-order valence-electron chi connectivity index (χ3n) is 11.5. The van der Waals surface area contributed by atoms with Gasteiger partial charge in [0.05, 0.1) is 14.2 Å². The minimum absolute atomic E-state index is 0.0205. The van der Waals surface area contributed by atoms with E-state index >= 15 is 4.39 Å². The van der Waals surface area contributed by atoms with Crippen LogP contribution < -0.4 is 24.3 Å². The molecular formula is C52H66F2N4O14. The van der Waals surface area contributed by atoms with Gasteiger partial charge < -0.3 is 48.5 Å². The number of carboxylic acids is 1. The van der Waals surface area contributed by atoms with E-state index in [2.05, 4.69) is 15.3 Å². The molecule has 2 aromatic heterocycles. The van der Waals surface area contributed by atoms with Gasteiger partial charge in [0.2, 0.25) is 13.6 Å². The highest BCUT2D eigenvalue weighted by Gasteiger charge is 2.40. The summed E-state index contributed by atoms with van der Waals surface area (Å²) in [5, 5.41) is 12.4. The van der Waals surface area contributed by atoms with E-state index < -0.39 is 91.2 Å². The van der Waals surface area contributed by atoms with Crippen molar-refractivity contribution in [1.29, 1.82) is 0 Å². The fourth-order valence-electron chi connectivity index (χ4n) is 8.06. The number of nitrogens with zero attached hydrogens (tertiary/aromatic N) is 3. The summed E-state index contributed by atoms with van der Waals surface area (Å²) in [6.45, 7) is 18.8. The molecule has 6 atom stereocenters. The number of carboxylic acid groups (broad SMARTS) is 1. The van der Waals surface area contributed by atoms with Gasteiger partial charge >= 0.3 is 23.9 Å². The number of carbonyl (C=O) groups is 6. The van der Waals surface area contributed by atoms with Crippen molar-refractivity contribution in [1.82, 2.24) is 20.2 Å². The molecule has 20 heteroatoms. The summed E-state index contributed by atoms with van der Waals surface area (Å²) >= 11 is 0. The van der Waals surface area contributed by atoms with Gasteiger partial charge in [-0.25, -0.2) is 28.3 Å². The maximum Gasteiger partial charge on any atom is 0.328 e. The Bertz CT molecular complexity index is 2540. The van der Waals surface area contributed by atoms with Gasteiger partial charge in [-0.2, -0.15) is 0 Å². The molecule has 4 aromatic rings. The minimum atomic E-state index is -1.28. The van der Waals surface area contributed by atoms with E-state index in [1.807, 2.05) is 33.8 Å². The number of hydrogen-bond acceptors (Lipinski definition) is 15. The van der Waals surface area contributed by atoms with Gasteiger partial charge in [0.1, 0.15) is 29.8 Å². The van der Waals surface area contributed by atoms with Gasteiger partial charge in [0.15, 0.2) is 34.4 Å². The summed E-state index contributed by atoms with van der Waals surface area (Å²) < 4.78 is 66.2. The fraction of sp³-hybridized carbons (Fsp3) is 0.462. The van der Waals surface area contributed by atoms with Crippen LogP contribution in [0.1, 0.15) is 124 Å². The lowest BCUT2D eigenvalue weighted by Gasteiger charge is -2.39. The number of aliphatic carboxylic acids is 1. The number of esters is 3. The van der Waals surface area contributed by atoms with Crippen LogP contribution in [0.2, 0.25) is 0 Å². The monoisotopic (exact) mass is 1010 g/mol. The number of pyridine rings is 2. The first-order valence-electron chi connectivity index (χ1n) is 23.0. The first-order valence-corrected chi connectivity index (χ1v) is 23.0. The number of carbonyl (C=O) groups excluding carboxylic acids is 5. The van der Waals surface area contributed by atoms with Gasteiger partial charge in [-0.3, -0.25) is 19.2 Å². The second-order valence-corrected chi connectivity index (χ2v) is 17.6. The summed E-state index contributed by atoms with van der Waals surface area (Å²) in [5.41, 5.74) is 1.98. The first-order chi connectivity index (χ1) is 33.9. The molecule has 2 N–H and O–H groups in total. The van der Waals surface area contributed by atoms with E-state index in [9.17, 15) is 38.3 Å². The minimum Gasteiger partial charge on any atom is -0.493 e. The van der Waals surface area contributed by atoms with Crippen molar-refractivity contribution in [3.8, 4) is 23.0 Å². The van der Waals surface area contributed by atoms with Crippen molar-refractivity contribution in [3.05, 3.63) is 106 Å². The normalized spacial score (nSPS) is 13.4. The molecule has 0 saturated carbocycles. The van der Waals surface area contributed by atoms with Crippen LogP contribution >= 0.6 is 0 Å². The SMILES string of the molecule is COc1ccnc(C(=O)N(C(C)[C@H](c2ccc(C)cc2F)C(C)C)[C@@H](C)C(=O)O)c1OCOC(C)=O.COc1ccnc(C(=O)N[C@@H](C)C(=O)O[C@@H](C)[C@H](c2ccc(C)cc2F)C(C)C)c1OCOC(C)=O. The zero-order chi connectivity index (χ0) is 54.1. The fourth-order valence-corrected chi connectivity index (χ4v) is 8.06. The van der Waals surface area contributed by atoms with E-state index in [0.29, 0.717) is 11.1 Å². The number of methoxy groups -OCH3 is 2. The molecule has 1 unspecified atom stereocenters. The molecular weight excluding hydrogens is 943 g/mol. The molecule has 392 valence electrons. The number of halogens is 2. The maximum atomic E-state index is 15.0. The average molecular weight is 1010 g/mol. The quantitative estimate of drug-likeness (QED) is 0.0430. The number of nitrogens with one attached hydrogen (secondary N) is 1. The van der Waals surface area contributed by atoms with Crippen LogP contribution in [0.25, 0.3) is 0 Å². The topological polar surface area (TPSA) is 228 Å². The van der Waals surface area contributed by atoms with Crippen LogP contribution in [-0.4, -0.2) is 108 Å². The number of amides is 2. The Morgan fingerprint density at radius 3 is 1.53 bits per heavy atom. The molecule has 0 radical (unpaired) electrons. The number of benzene rings is 2. The predicted octanol–water partition coefficient (Wildman–Crippen LogP) is 8.11. The summed E-state index contributed by atoms with van der Waals surface area (Å²) in [4.78, 5) is 83.2. The van der Waals surface area contributed by atoms with Crippen molar-refractivity contribution < 1.29 is 75.8 Å². The lowest BCUT2D eigenvalue weighted by molar-refractivity contribution is -0.152. The lowest BCUT2D eigenvalue weighted by atomic mass is 9.81. The summed E-state index contributed by atoms with van der Waals surface area (Å²) in [6.07, 6.45) is 1.99. The predicted molar refractivity (Wildman–Crippen MR) is 259 cm³/mol. The third-order valence-corrected chi connectivity index (χ3v) is 11.5. The van der Waals surface area contributed by atoms with Crippen molar-refractivity contribution in [2.75, 3.05) is 27.8 Å². The molecule has 72 heavy (non-hydrogen) atoms. The number of aryl methyl sites for hydroxylation is 2. The molecule has 0 aliphatic rings. The van der Waals surface area contributed by atoms with Crippen molar-refractivity contribution in [2.24, 2.45) is 11.8 Å². The molecule has 4 rings (SSSR count). The molecule has 0 aliphatic carbocycles. The van der Waals surface area contributed by atoms with E-state index in [1.54, 1.807) is 45.9 Å². The zero-order valence-electron chi connectivity index (χ0n) is 43.2. The Morgan fingerprint density at radius 1 is 0.667 bits per heavy atom. The van der Waals surface area contributed by atoms with E-state index in [-0.39, 0.29) is 52.0 Å². The smallest absolute Gasteiger partial charge is 0.328 e. The summed E-state index contributed by atoms with van der Waals surface area (Å²) in [7, 11) is 2.73. The van der Waals surface area contributed by atoms with Crippen LogP contribution in [0.5, 0.6) is 23.0 Å². The summed E-state index contributed by atoms with van der Waals surface area (Å²) in [6, 6.07) is 9.65. The van der Waals surface area contributed by atoms with Crippen molar-refractivity contribution in [2.45, 2.75) is 119 Å². The Labute approximate surface area is 418 Å². The number of aromatic nitrogens is 2. The molecule has 2 amide bonds. The molecule has 0 fully saturated rings. The largest absolute Gasteiger partial charge is 0.493 e. The van der Waals surface area contributed by atoms with Crippen LogP contribution in [0.15, 0.2) is 60.9 Å². The maximum absolute atomic E-state index is 15.0. The number of ether oxygens (including phenoxy) is 7. The Kier molecular flexibility index (Phi) is 22.3. The van der Waals surface area contributed by atoms with Crippen LogP contribution in [-0.2, 0) is 33.4 Å². The molecule has 0 saturated heterocycles. The van der Waals surface area contributed by atoms with Crippen LogP contribution in [0.3, 0.4) is 0 Å². The molecule has 0 aliphatic heterocycles. The molecule has 0 spiro atoms. The summed E-state index contributed by atoms with van der Waals surface area (Å²) in [5.74, 6) is -6.31. The molecule has 2 aromatic carbocycles. The second-order valence-electron chi connectivity index (χ2n) is 17.6. The third kappa shape index (κ3) is 15.8. The Morgan fingerprint density at radius 2 is 1.11 bits per heavy atom. The van der Waals surface area contributed by atoms with E-state index in [0.717, 1.165) is 16.0 Å². The number of hydrogen-bond donors (Lipinski definition) is 2. The van der Waals surface area contributed by atoms with Gasteiger partial charge in [0, 0.05) is 56.3 Å². The zero-order valence-corrected chi connectivity index (χ0v) is 43.2. The highest BCUT2D eigenvalue weighted by atomic mass is 19.1. The van der Waals surface area contributed by atoms with Gasteiger partial charge in [-0.15, -0.1) is 0 Å². The van der Waals surface area contributed by atoms with Crippen LogP contribution in [0, 0.1) is 37.3 Å². The lowest BCUT2D eigenvalue weighted by Crippen LogP contribution is -2.51. The van der Waals surface area contributed by atoms with Gasteiger partial charge in [-0.05, 0) is 87.8 Å². The Balaban J connectivity index is 0.000000380. The standard InChI is InChI=1S/2C26H33FN2O7/c1-14(2)22(19-9-8-15(3)12-20(19)27)17(5)36-26(32)16(4)29-25(31)23-24(35-13-34-18(6)30)21(33-7)10-11-28-23;1-14(2)22(19-9-8-15(3)12-20(19)27)16(4)29(17(5)26(32)33)25(31)23-24(36-13-35-18(6)30)21(34-7)10-11-28-23/h8-12,14,16-17,22H,13H2,1-7H3,(H,29,31);8-12,14,16-17,22H,13H2,1-7H3,(H,32,33)/t16-,17-,22+;16?,17-,22+/m00/s1. The van der Waals surface area contributed by atoms with E-state index in [1.165, 1.54) is 78.6 Å². The van der Waals surface area contributed by atoms with Gasteiger partial charge in [0.25, 0.3) is 11.8 Å².